The number of rotatable bonds is 5. The van der Waals surface area contributed by atoms with Crippen LogP contribution >= 0.6 is 0 Å². The number of hydrogen-bond acceptors (Lipinski definition) is 4. The summed E-state index contributed by atoms with van der Waals surface area (Å²) >= 11 is 0. The van der Waals surface area contributed by atoms with Crippen molar-refractivity contribution in [3.05, 3.63) is 23.3 Å². The summed E-state index contributed by atoms with van der Waals surface area (Å²) in [5, 5.41) is 10.4. The minimum absolute atomic E-state index is 0.186. The molecule has 4 heteroatoms. The molecule has 1 aliphatic carbocycles. The van der Waals surface area contributed by atoms with E-state index in [1.807, 2.05) is 6.07 Å². The van der Waals surface area contributed by atoms with E-state index < -0.39 is 0 Å². The van der Waals surface area contributed by atoms with Gasteiger partial charge in [-0.3, -0.25) is 0 Å². The van der Waals surface area contributed by atoms with E-state index in [1.165, 1.54) is 0 Å². The van der Waals surface area contributed by atoms with Gasteiger partial charge in [0.25, 0.3) is 0 Å². The topological polar surface area (TPSA) is 47.9 Å². The molecule has 2 rings (SSSR count). The number of ether oxygens (including phenoxy) is 3. The third-order valence-corrected chi connectivity index (χ3v) is 5.62. The molecule has 1 saturated carbocycles. The monoisotopic (exact) mass is 308 g/mol. The average molecular weight is 308 g/mol. The van der Waals surface area contributed by atoms with Crippen molar-refractivity contribution in [3.8, 4) is 11.5 Å². The molecule has 0 radical (unpaired) electrons. The van der Waals surface area contributed by atoms with E-state index in [2.05, 4.69) is 26.8 Å². The summed E-state index contributed by atoms with van der Waals surface area (Å²) in [5.74, 6) is 1.47. The Balaban J connectivity index is 2.65. The van der Waals surface area contributed by atoms with E-state index in [0.717, 1.165) is 29.7 Å². The van der Waals surface area contributed by atoms with Gasteiger partial charge in [-0.05, 0) is 30.5 Å². The molecule has 0 heterocycles. The first-order valence-electron chi connectivity index (χ1n) is 7.74. The van der Waals surface area contributed by atoms with Crippen molar-refractivity contribution in [3.63, 3.8) is 0 Å². The van der Waals surface area contributed by atoms with E-state index >= 15 is 0 Å². The summed E-state index contributed by atoms with van der Waals surface area (Å²) < 4.78 is 16.5. The van der Waals surface area contributed by atoms with Crippen LogP contribution in [0.3, 0.4) is 0 Å². The van der Waals surface area contributed by atoms with Gasteiger partial charge in [-0.2, -0.15) is 0 Å². The molecule has 1 fully saturated rings. The van der Waals surface area contributed by atoms with Crippen LogP contribution in [0.15, 0.2) is 12.1 Å². The predicted molar refractivity (Wildman–Crippen MR) is 86.6 cm³/mol. The van der Waals surface area contributed by atoms with Gasteiger partial charge < -0.3 is 19.3 Å². The highest BCUT2D eigenvalue weighted by Crippen LogP contribution is 2.57. The number of aliphatic hydroxyl groups is 1. The summed E-state index contributed by atoms with van der Waals surface area (Å²) in [6.07, 6.45) is 1.39. The molecule has 0 amide bonds. The van der Waals surface area contributed by atoms with E-state index in [1.54, 1.807) is 21.3 Å². The number of methoxy groups -OCH3 is 3. The summed E-state index contributed by atoms with van der Waals surface area (Å²) in [5.41, 5.74) is 1.71. The first-order valence-corrected chi connectivity index (χ1v) is 7.74. The maximum absolute atomic E-state index is 10.4. The van der Waals surface area contributed by atoms with Gasteiger partial charge in [0.2, 0.25) is 0 Å². The number of hydrogen-bond donors (Lipinski definition) is 1. The SMILES string of the molecule is COCc1cc(OC)c(OC)c(C2(C)CCC(O)C2(C)C)c1. The second kappa shape index (κ2) is 6.09. The Hall–Kier alpha value is -1.26. The van der Waals surface area contributed by atoms with Crippen molar-refractivity contribution in [1.29, 1.82) is 0 Å². The standard InChI is InChI=1S/C18H28O4/c1-17(2)15(19)7-8-18(17,3)13-9-12(11-20-4)10-14(21-5)16(13)22-6/h9-10,15,19H,7-8,11H2,1-6H3. The lowest BCUT2D eigenvalue weighted by Crippen LogP contribution is -2.40. The highest BCUT2D eigenvalue weighted by Gasteiger charge is 2.53. The minimum Gasteiger partial charge on any atom is -0.493 e. The zero-order valence-corrected chi connectivity index (χ0v) is 14.5. The zero-order valence-electron chi connectivity index (χ0n) is 14.5. The van der Waals surface area contributed by atoms with Crippen molar-refractivity contribution in [2.24, 2.45) is 5.41 Å². The normalized spacial score (nSPS) is 27.0. The summed E-state index contributed by atoms with van der Waals surface area (Å²) in [4.78, 5) is 0. The van der Waals surface area contributed by atoms with E-state index in [0.29, 0.717) is 12.4 Å². The fraction of sp³-hybridized carbons (Fsp3) is 0.667. The molecule has 0 bridgehead atoms. The first kappa shape index (κ1) is 17.1. The Morgan fingerprint density at radius 3 is 2.27 bits per heavy atom. The van der Waals surface area contributed by atoms with Gasteiger partial charge >= 0.3 is 0 Å². The van der Waals surface area contributed by atoms with Gasteiger partial charge in [0.1, 0.15) is 0 Å². The minimum atomic E-state index is -0.320. The number of benzene rings is 1. The average Bonchev–Trinajstić information content (AvgIpc) is 2.70. The molecule has 1 N–H and O–H groups in total. The molecule has 2 unspecified atom stereocenters. The van der Waals surface area contributed by atoms with Crippen LogP contribution in [-0.2, 0) is 16.8 Å². The Labute approximate surface area is 133 Å². The van der Waals surface area contributed by atoms with Crippen LogP contribution < -0.4 is 9.47 Å². The second-order valence-corrected chi connectivity index (χ2v) is 6.92. The zero-order chi connectivity index (χ0) is 16.5. The Morgan fingerprint density at radius 2 is 1.82 bits per heavy atom. The Morgan fingerprint density at radius 1 is 1.14 bits per heavy atom. The molecule has 1 aromatic rings. The van der Waals surface area contributed by atoms with Crippen molar-refractivity contribution in [2.75, 3.05) is 21.3 Å². The second-order valence-electron chi connectivity index (χ2n) is 6.92. The third-order valence-electron chi connectivity index (χ3n) is 5.62. The lowest BCUT2D eigenvalue weighted by molar-refractivity contribution is 0.0441. The van der Waals surface area contributed by atoms with Crippen LogP contribution in [0.1, 0.15) is 44.7 Å². The molecular formula is C18H28O4. The van der Waals surface area contributed by atoms with E-state index in [4.69, 9.17) is 14.2 Å². The summed E-state index contributed by atoms with van der Waals surface area (Å²) in [7, 11) is 5.00. The van der Waals surface area contributed by atoms with Gasteiger partial charge in [0.15, 0.2) is 11.5 Å². The Kier molecular flexibility index (Phi) is 4.73. The molecule has 0 aromatic heterocycles. The van der Waals surface area contributed by atoms with E-state index in [-0.39, 0.29) is 16.9 Å². The molecule has 2 atom stereocenters. The largest absolute Gasteiger partial charge is 0.493 e. The van der Waals surface area contributed by atoms with Crippen LogP contribution in [0.5, 0.6) is 11.5 Å². The highest BCUT2D eigenvalue weighted by molar-refractivity contribution is 5.54. The maximum atomic E-state index is 10.4. The fourth-order valence-electron chi connectivity index (χ4n) is 3.64. The van der Waals surface area contributed by atoms with E-state index in [9.17, 15) is 5.11 Å². The smallest absolute Gasteiger partial charge is 0.164 e. The quantitative estimate of drug-likeness (QED) is 0.907. The lowest BCUT2D eigenvalue weighted by atomic mass is 9.64. The van der Waals surface area contributed by atoms with Crippen LogP contribution in [0.25, 0.3) is 0 Å². The van der Waals surface area contributed by atoms with Crippen molar-refractivity contribution < 1.29 is 19.3 Å². The predicted octanol–water partition coefficient (Wildman–Crippen LogP) is 3.29. The molecule has 22 heavy (non-hydrogen) atoms. The van der Waals surface area contributed by atoms with Gasteiger partial charge in [-0.1, -0.05) is 20.8 Å². The molecule has 0 spiro atoms. The van der Waals surface area contributed by atoms with Gasteiger partial charge in [0, 0.05) is 23.5 Å². The lowest BCUT2D eigenvalue weighted by Gasteiger charge is -2.41. The van der Waals surface area contributed by atoms with Gasteiger partial charge in [0.05, 0.1) is 26.9 Å². The molecule has 1 aliphatic rings. The third kappa shape index (κ3) is 2.48. The van der Waals surface area contributed by atoms with Crippen LogP contribution in [0, 0.1) is 5.41 Å². The molecule has 1 aromatic carbocycles. The summed E-state index contributed by atoms with van der Waals surface area (Å²) in [6.45, 7) is 6.97. The molecular weight excluding hydrogens is 280 g/mol. The fourth-order valence-corrected chi connectivity index (χ4v) is 3.64. The van der Waals surface area contributed by atoms with Crippen LogP contribution in [-0.4, -0.2) is 32.5 Å². The Bertz CT molecular complexity index is 538. The van der Waals surface area contributed by atoms with Crippen LogP contribution in [0.4, 0.5) is 0 Å². The molecule has 0 aliphatic heterocycles. The summed E-state index contributed by atoms with van der Waals surface area (Å²) in [6, 6.07) is 4.08. The van der Waals surface area contributed by atoms with Crippen molar-refractivity contribution in [1.82, 2.24) is 0 Å². The first-order chi connectivity index (χ1) is 10.3. The molecule has 4 nitrogen and oxygen atoms in total. The van der Waals surface area contributed by atoms with Crippen molar-refractivity contribution >= 4 is 0 Å². The highest BCUT2D eigenvalue weighted by atomic mass is 16.5. The maximum Gasteiger partial charge on any atom is 0.164 e. The van der Waals surface area contributed by atoms with Crippen LogP contribution in [0.2, 0.25) is 0 Å². The molecule has 124 valence electrons. The number of aliphatic hydroxyl groups excluding tert-OH is 1. The van der Waals surface area contributed by atoms with Gasteiger partial charge in [-0.25, -0.2) is 0 Å². The van der Waals surface area contributed by atoms with Crippen molar-refractivity contribution in [2.45, 2.75) is 51.7 Å². The molecule has 0 saturated heterocycles. The van der Waals surface area contributed by atoms with Gasteiger partial charge in [-0.15, -0.1) is 0 Å².